The van der Waals surface area contributed by atoms with Crippen LogP contribution in [-0.2, 0) is 17.9 Å². The van der Waals surface area contributed by atoms with E-state index in [1.165, 1.54) is 4.90 Å². The summed E-state index contributed by atoms with van der Waals surface area (Å²) in [6.45, 7) is 2.61. The zero-order valence-electron chi connectivity index (χ0n) is 14.7. The van der Waals surface area contributed by atoms with Gasteiger partial charge in [0, 0.05) is 20.1 Å². The molecule has 0 spiro atoms. The average Bonchev–Trinajstić information content (AvgIpc) is 2.63. The number of nitrogens with one attached hydrogen (secondary N) is 2. The molecule has 0 atom stereocenters. The van der Waals surface area contributed by atoms with Crippen molar-refractivity contribution >= 4 is 35.1 Å². The second kappa shape index (κ2) is 9.46. The fourth-order valence-electron chi connectivity index (χ4n) is 2.26. The van der Waals surface area contributed by atoms with Gasteiger partial charge in [0.2, 0.25) is 5.91 Å². The minimum atomic E-state index is -0.395. The Labute approximate surface area is 163 Å². The van der Waals surface area contributed by atoms with Crippen LogP contribution in [0.2, 0.25) is 10.0 Å². The number of urea groups is 1. The van der Waals surface area contributed by atoms with Gasteiger partial charge in [-0.2, -0.15) is 0 Å². The van der Waals surface area contributed by atoms with E-state index < -0.39 is 6.03 Å². The lowest BCUT2D eigenvalue weighted by molar-refractivity contribution is -0.129. The minimum absolute atomic E-state index is 0.103. The molecular formula is C19H21Cl2N3O2. The number of likely N-dealkylation sites (N-methyl/N-ethyl adjacent to an activating group) is 1. The number of benzene rings is 2. The smallest absolute Gasteiger partial charge is 0.315 e. The molecule has 2 rings (SSSR count). The first-order valence-electron chi connectivity index (χ1n) is 8.11. The minimum Gasteiger partial charge on any atom is -0.340 e. The molecule has 0 fully saturated rings. The van der Waals surface area contributed by atoms with Crippen molar-refractivity contribution in [2.75, 3.05) is 13.6 Å². The summed E-state index contributed by atoms with van der Waals surface area (Å²) in [6.07, 6.45) is 0. The standard InChI is InChI=1S/C19H21Cl2N3O2/c1-13-6-8-14(9-7-13)10-22-19(26)23-11-17(25)24(2)12-15-4-3-5-16(20)18(15)21/h3-9H,10-12H2,1-2H3,(H2,22,23,26). The van der Waals surface area contributed by atoms with Crippen LogP contribution in [0.1, 0.15) is 16.7 Å². The Morgan fingerprint density at radius 1 is 1.04 bits per heavy atom. The molecule has 0 saturated heterocycles. The maximum Gasteiger partial charge on any atom is 0.315 e. The van der Waals surface area contributed by atoms with Gasteiger partial charge in [0.25, 0.3) is 0 Å². The molecule has 2 aromatic carbocycles. The van der Waals surface area contributed by atoms with Crippen molar-refractivity contribution in [1.29, 1.82) is 0 Å². The van der Waals surface area contributed by atoms with Crippen LogP contribution in [0.5, 0.6) is 0 Å². The topological polar surface area (TPSA) is 61.4 Å². The molecule has 0 saturated carbocycles. The van der Waals surface area contributed by atoms with Crippen LogP contribution < -0.4 is 10.6 Å². The van der Waals surface area contributed by atoms with Gasteiger partial charge in [0.1, 0.15) is 0 Å². The summed E-state index contributed by atoms with van der Waals surface area (Å²) < 4.78 is 0. The van der Waals surface area contributed by atoms with Crippen molar-refractivity contribution in [3.63, 3.8) is 0 Å². The fourth-order valence-corrected chi connectivity index (χ4v) is 2.64. The molecule has 2 aromatic rings. The van der Waals surface area contributed by atoms with Gasteiger partial charge in [-0.3, -0.25) is 4.79 Å². The third-order valence-electron chi connectivity index (χ3n) is 3.84. The fraction of sp³-hybridized carbons (Fsp3) is 0.263. The Kier molecular flexibility index (Phi) is 7.30. The molecule has 0 unspecified atom stereocenters. The number of rotatable bonds is 6. The molecule has 0 radical (unpaired) electrons. The molecule has 2 N–H and O–H groups in total. The highest BCUT2D eigenvalue weighted by atomic mass is 35.5. The summed E-state index contributed by atoms with van der Waals surface area (Å²) in [5.74, 6) is -0.230. The number of carbonyl (C=O) groups excluding carboxylic acids is 2. The van der Waals surface area contributed by atoms with Crippen LogP contribution in [0.25, 0.3) is 0 Å². The van der Waals surface area contributed by atoms with Gasteiger partial charge in [0.15, 0.2) is 0 Å². The van der Waals surface area contributed by atoms with Gasteiger partial charge in [-0.25, -0.2) is 4.79 Å². The molecule has 0 aliphatic heterocycles. The molecule has 26 heavy (non-hydrogen) atoms. The molecule has 0 aliphatic carbocycles. The van der Waals surface area contributed by atoms with E-state index in [1.807, 2.05) is 31.2 Å². The lowest BCUT2D eigenvalue weighted by Gasteiger charge is -2.18. The van der Waals surface area contributed by atoms with E-state index in [-0.39, 0.29) is 12.5 Å². The van der Waals surface area contributed by atoms with Crippen molar-refractivity contribution in [1.82, 2.24) is 15.5 Å². The van der Waals surface area contributed by atoms with E-state index in [0.29, 0.717) is 23.1 Å². The second-order valence-corrected chi connectivity index (χ2v) is 6.77. The van der Waals surface area contributed by atoms with E-state index in [0.717, 1.165) is 16.7 Å². The van der Waals surface area contributed by atoms with Gasteiger partial charge < -0.3 is 15.5 Å². The maximum atomic E-state index is 12.2. The van der Waals surface area contributed by atoms with Crippen LogP contribution in [0.15, 0.2) is 42.5 Å². The third kappa shape index (κ3) is 5.93. The highest BCUT2D eigenvalue weighted by Gasteiger charge is 2.13. The van der Waals surface area contributed by atoms with Gasteiger partial charge in [-0.15, -0.1) is 0 Å². The Balaban J connectivity index is 1.77. The summed E-state index contributed by atoms with van der Waals surface area (Å²) in [5.41, 5.74) is 2.90. The number of hydrogen-bond acceptors (Lipinski definition) is 2. The van der Waals surface area contributed by atoms with Crippen LogP contribution in [0, 0.1) is 6.92 Å². The predicted octanol–water partition coefficient (Wildman–Crippen LogP) is 3.76. The Morgan fingerprint density at radius 2 is 1.73 bits per heavy atom. The molecule has 138 valence electrons. The van der Waals surface area contributed by atoms with Gasteiger partial charge in [-0.05, 0) is 24.1 Å². The molecule has 5 nitrogen and oxygen atoms in total. The van der Waals surface area contributed by atoms with Gasteiger partial charge >= 0.3 is 6.03 Å². The number of hydrogen-bond donors (Lipinski definition) is 2. The van der Waals surface area contributed by atoms with Crippen molar-refractivity contribution in [3.8, 4) is 0 Å². The Morgan fingerprint density at radius 3 is 2.42 bits per heavy atom. The van der Waals surface area contributed by atoms with Crippen LogP contribution >= 0.6 is 23.2 Å². The molecule has 7 heteroatoms. The molecule has 0 aromatic heterocycles. The van der Waals surface area contributed by atoms with Gasteiger partial charge in [-0.1, -0.05) is 65.2 Å². The molecular weight excluding hydrogens is 373 g/mol. The third-order valence-corrected chi connectivity index (χ3v) is 4.70. The zero-order chi connectivity index (χ0) is 19.1. The van der Waals surface area contributed by atoms with Crippen LogP contribution in [0.3, 0.4) is 0 Å². The first-order chi connectivity index (χ1) is 12.4. The zero-order valence-corrected chi connectivity index (χ0v) is 16.2. The molecule has 0 aliphatic rings. The van der Waals surface area contributed by atoms with Crippen LogP contribution in [0.4, 0.5) is 4.79 Å². The highest BCUT2D eigenvalue weighted by molar-refractivity contribution is 6.42. The quantitative estimate of drug-likeness (QED) is 0.784. The Bertz CT molecular complexity index is 779. The number of amides is 3. The number of carbonyl (C=O) groups is 2. The summed E-state index contributed by atoms with van der Waals surface area (Å²) in [7, 11) is 1.64. The van der Waals surface area contributed by atoms with E-state index >= 15 is 0 Å². The normalized spacial score (nSPS) is 10.3. The van der Waals surface area contributed by atoms with E-state index in [2.05, 4.69) is 10.6 Å². The average molecular weight is 394 g/mol. The molecule has 0 heterocycles. The molecule has 3 amide bonds. The van der Waals surface area contributed by atoms with E-state index in [4.69, 9.17) is 23.2 Å². The predicted molar refractivity (Wildman–Crippen MR) is 104 cm³/mol. The monoisotopic (exact) mass is 393 g/mol. The largest absolute Gasteiger partial charge is 0.340 e. The highest BCUT2D eigenvalue weighted by Crippen LogP contribution is 2.26. The second-order valence-electron chi connectivity index (χ2n) is 5.98. The van der Waals surface area contributed by atoms with Gasteiger partial charge in [0.05, 0.1) is 16.6 Å². The lowest BCUT2D eigenvalue weighted by atomic mass is 10.1. The Hall–Kier alpha value is -2.24. The summed E-state index contributed by atoms with van der Waals surface area (Å²) in [6, 6.07) is 12.7. The first-order valence-corrected chi connectivity index (χ1v) is 8.86. The van der Waals surface area contributed by atoms with Crippen molar-refractivity contribution in [2.24, 2.45) is 0 Å². The SMILES string of the molecule is Cc1ccc(CNC(=O)NCC(=O)N(C)Cc2cccc(Cl)c2Cl)cc1. The van der Waals surface area contributed by atoms with Crippen molar-refractivity contribution in [2.45, 2.75) is 20.0 Å². The summed E-state index contributed by atoms with van der Waals surface area (Å²) in [4.78, 5) is 25.5. The summed E-state index contributed by atoms with van der Waals surface area (Å²) >= 11 is 12.1. The number of halogens is 2. The van der Waals surface area contributed by atoms with Crippen molar-refractivity contribution in [3.05, 3.63) is 69.2 Å². The number of nitrogens with zero attached hydrogens (tertiary/aromatic N) is 1. The van der Waals surface area contributed by atoms with E-state index in [9.17, 15) is 9.59 Å². The van der Waals surface area contributed by atoms with Crippen LogP contribution in [-0.4, -0.2) is 30.4 Å². The van der Waals surface area contributed by atoms with E-state index in [1.54, 1.807) is 25.2 Å². The first kappa shape index (κ1) is 20.1. The van der Waals surface area contributed by atoms with Crippen molar-refractivity contribution < 1.29 is 9.59 Å². The number of aryl methyl sites for hydroxylation is 1. The lowest BCUT2D eigenvalue weighted by Crippen LogP contribution is -2.42. The summed E-state index contributed by atoms with van der Waals surface area (Å²) in [5, 5.41) is 6.15. The maximum absolute atomic E-state index is 12.2. The molecule has 0 bridgehead atoms.